The van der Waals surface area contributed by atoms with Crippen LogP contribution >= 0.6 is 0 Å². The Kier molecular flexibility index (Phi) is 11.6. The zero-order valence-corrected chi connectivity index (χ0v) is 19.9. The summed E-state index contributed by atoms with van der Waals surface area (Å²) in [6.07, 6.45) is 5.66. The van der Waals surface area contributed by atoms with Gasteiger partial charge in [0.05, 0.1) is 32.0 Å². The molecule has 2 aliphatic rings. The molecule has 8 heteroatoms. The molecule has 0 bridgehead atoms. The highest BCUT2D eigenvalue weighted by atomic mass is 28.4. The van der Waals surface area contributed by atoms with Gasteiger partial charge in [0.25, 0.3) is 0 Å². The van der Waals surface area contributed by atoms with Crippen LogP contribution in [0.5, 0.6) is 0 Å². The van der Waals surface area contributed by atoms with Crippen LogP contribution in [0, 0.1) is 0 Å². The summed E-state index contributed by atoms with van der Waals surface area (Å²) in [5.74, 6) is 0. The molecule has 2 atom stereocenters. The van der Waals surface area contributed by atoms with Crippen molar-refractivity contribution in [1.29, 1.82) is 0 Å². The van der Waals surface area contributed by atoms with Crippen molar-refractivity contribution in [3.8, 4) is 0 Å². The summed E-state index contributed by atoms with van der Waals surface area (Å²) in [7, 11) is -2.71. The maximum atomic E-state index is 6.59. The lowest BCUT2D eigenvalue weighted by molar-refractivity contribution is -0.0171. The third-order valence-corrected chi connectivity index (χ3v) is 8.20. The van der Waals surface area contributed by atoms with Gasteiger partial charge in [-0.1, -0.05) is 0 Å². The predicted octanol–water partition coefficient (Wildman–Crippen LogP) is 3.57. The molecule has 0 aromatic carbocycles. The fourth-order valence-electron chi connectivity index (χ4n) is 3.27. The van der Waals surface area contributed by atoms with E-state index in [2.05, 4.69) is 13.8 Å². The zero-order valence-electron chi connectivity index (χ0n) is 18.9. The third-order valence-electron chi connectivity index (χ3n) is 4.91. The molecule has 29 heavy (non-hydrogen) atoms. The monoisotopic (exact) mass is 434 g/mol. The minimum absolute atomic E-state index is 0.282. The van der Waals surface area contributed by atoms with Crippen molar-refractivity contribution in [2.45, 2.75) is 83.7 Å². The summed E-state index contributed by atoms with van der Waals surface area (Å²) >= 11 is 0. The second kappa shape index (κ2) is 13.4. The highest BCUT2D eigenvalue weighted by Gasteiger charge is 2.44. The van der Waals surface area contributed by atoms with Crippen LogP contribution < -0.4 is 0 Å². The standard InChI is InChI=1S/C21H42O7Si/c1-5-26-29(27-6-2,14-10-9-13-23-16-20-18-25-20)28-21(3,4)11-7-8-12-22-15-19-17-24-19/h19-20H,5-18H2,1-4H3. The molecule has 0 spiro atoms. The Morgan fingerprint density at radius 1 is 0.828 bits per heavy atom. The van der Waals surface area contributed by atoms with Crippen LogP contribution in [0.15, 0.2) is 0 Å². The van der Waals surface area contributed by atoms with Gasteiger partial charge in [-0.3, -0.25) is 0 Å². The van der Waals surface area contributed by atoms with Crippen molar-refractivity contribution in [3.63, 3.8) is 0 Å². The lowest BCUT2D eigenvalue weighted by atomic mass is 10.0. The molecule has 2 saturated heterocycles. The van der Waals surface area contributed by atoms with Gasteiger partial charge in [-0.2, -0.15) is 0 Å². The molecule has 0 aromatic rings. The fraction of sp³-hybridized carbons (Fsp3) is 1.00. The van der Waals surface area contributed by atoms with Gasteiger partial charge in [-0.25, -0.2) is 0 Å². The second-order valence-corrected chi connectivity index (χ2v) is 11.0. The summed E-state index contributed by atoms with van der Waals surface area (Å²) in [4.78, 5) is 0. The van der Waals surface area contributed by atoms with Crippen molar-refractivity contribution in [2.75, 3.05) is 52.9 Å². The number of unbranched alkanes of at least 4 members (excludes halogenated alkanes) is 2. The van der Waals surface area contributed by atoms with Gasteiger partial charge >= 0.3 is 8.80 Å². The molecule has 2 fully saturated rings. The highest BCUT2D eigenvalue weighted by molar-refractivity contribution is 6.60. The molecule has 0 aromatic heterocycles. The predicted molar refractivity (Wildman–Crippen MR) is 113 cm³/mol. The first-order valence-corrected chi connectivity index (χ1v) is 13.3. The van der Waals surface area contributed by atoms with E-state index in [4.69, 9.17) is 32.2 Å². The van der Waals surface area contributed by atoms with E-state index < -0.39 is 8.80 Å². The average Bonchev–Trinajstić information content (AvgIpc) is 3.56. The van der Waals surface area contributed by atoms with E-state index in [1.807, 2.05) is 13.8 Å². The maximum absolute atomic E-state index is 6.59. The Balaban J connectivity index is 1.68. The largest absolute Gasteiger partial charge is 0.501 e. The van der Waals surface area contributed by atoms with Gasteiger partial charge in [0.2, 0.25) is 0 Å². The molecule has 172 valence electrons. The highest BCUT2D eigenvalue weighted by Crippen LogP contribution is 2.29. The van der Waals surface area contributed by atoms with E-state index in [1.165, 1.54) is 0 Å². The Labute approximate surface area is 178 Å². The number of epoxide rings is 2. The Hall–Kier alpha value is -0.0631. The van der Waals surface area contributed by atoms with E-state index in [-0.39, 0.29) is 5.60 Å². The Morgan fingerprint density at radius 2 is 1.34 bits per heavy atom. The average molecular weight is 435 g/mol. The van der Waals surface area contributed by atoms with Crippen LogP contribution in [-0.2, 0) is 32.2 Å². The first kappa shape index (κ1) is 25.2. The summed E-state index contributed by atoms with van der Waals surface area (Å²) in [6, 6.07) is 0.825. The molecule has 2 aliphatic heterocycles. The molecule has 2 rings (SSSR count). The first-order chi connectivity index (χ1) is 14.0. The molecule has 7 nitrogen and oxygen atoms in total. The van der Waals surface area contributed by atoms with Crippen LogP contribution in [0.2, 0.25) is 6.04 Å². The van der Waals surface area contributed by atoms with E-state index in [9.17, 15) is 0 Å². The second-order valence-electron chi connectivity index (χ2n) is 8.39. The zero-order chi connectivity index (χ0) is 21.0. The van der Waals surface area contributed by atoms with Gasteiger partial charge in [0.1, 0.15) is 12.2 Å². The molecule has 2 heterocycles. The van der Waals surface area contributed by atoms with Crippen LogP contribution in [0.3, 0.4) is 0 Å². The van der Waals surface area contributed by atoms with Gasteiger partial charge in [0.15, 0.2) is 0 Å². The van der Waals surface area contributed by atoms with E-state index in [0.717, 1.165) is 71.2 Å². The topological polar surface area (TPSA) is 71.2 Å². The summed E-state index contributed by atoms with van der Waals surface area (Å²) in [5.41, 5.74) is -0.282. The van der Waals surface area contributed by atoms with E-state index in [1.54, 1.807) is 0 Å². The smallest absolute Gasteiger partial charge is 0.379 e. The normalized spacial score (nSPS) is 21.5. The SMILES string of the molecule is CCO[Si](CCCCOCC1CO1)(OCC)OC(C)(C)CCCCOCC1CO1. The number of ether oxygens (including phenoxy) is 4. The molecule has 0 aliphatic carbocycles. The minimum atomic E-state index is -2.71. The van der Waals surface area contributed by atoms with Gasteiger partial charge in [-0.05, 0) is 59.8 Å². The number of hydrogen-bond acceptors (Lipinski definition) is 7. The van der Waals surface area contributed by atoms with Gasteiger partial charge in [0, 0.05) is 32.5 Å². The molecule has 2 unspecified atom stereocenters. The van der Waals surface area contributed by atoms with Crippen molar-refractivity contribution in [2.24, 2.45) is 0 Å². The minimum Gasteiger partial charge on any atom is -0.379 e. The summed E-state index contributed by atoms with van der Waals surface area (Å²) < 4.78 is 40.4. The Bertz CT molecular complexity index is 421. The van der Waals surface area contributed by atoms with Crippen LogP contribution in [-0.4, -0.2) is 79.5 Å². The molecular formula is C21H42O7Si. The summed E-state index contributed by atoms with van der Waals surface area (Å²) in [5, 5.41) is 0. The van der Waals surface area contributed by atoms with Crippen molar-refractivity contribution < 1.29 is 32.2 Å². The quantitative estimate of drug-likeness (QED) is 0.165. The molecule has 0 amide bonds. The van der Waals surface area contributed by atoms with Crippen molar-refractivity contribution in [3.05, 3.63) is 0 Å². The summed E-state index contributed by atoms with van der Waals surface area (Å²) in [6.45, 7) is 14.2. The van der Waals surface area contributed by atoms with Gasteiger partial charge in [-0.15, -0.1) is 0 Å². The lowest BCUT2D eigenvalue weighted by Gasteiger charge is -2.37. The molecular weight excluding hydrogens is 392 g/mol. The molecule has 0 radical (unpaired) electrons. The Morgan fingerprint density at radius 3 is 1.83 bits per heavy atom. The van der Waals surface area contributed by atoms with Crippen LogP contribution in [0.1, 0.15) is 59.8 Å². The van der Waals surface area contributed by atoms with Crippen molar-refractivity contribution in [1.82, 2.24) is 0 Å². The third kappa shape index (κ3) is 11.8. The van der Waals surface area contributed by atoms with Crippen LogP contribution in [0.4, 0.5) is 0 Å². The number of rotatable bonds is 20. The maximum Gasteiger partial charge on any atom is 0.501 e. The first-order valence-electron chi connectivity index (χ1n) is 11.4. The van der Waals surface area contributed by atoms with E-state index >= 15 is 0 Å². The fourth-order valence-corrected chi connectivity index (χ4v) is 6.36. The van der Waals surface area contributed by atoms with Crippen LogP contribution in [0.25, 0.3) is 0 Å². The molecule has 0 N–H and O–H groups in total. The lowest BCUT2D eigenvalue weighted by Crippen LogP contribution is -2.51. The van der Waals surface area contributed by atoms with E-state index in [0.29, 0.717) is 32.0 Å². The van der Waals surface area contributed by atoms with Gasteiger partial charge < -0.3 is 32.2 Å². The molecule has 0 saturated carbocycles. The van der Waals surface area contributed by atoms with Crippen molar-refractivity contribution >= 4 is 8.80 Å². The number of hydrogen-bond donors (Lipinski definition) is 0.